The van der Waals surface area contributed by atoms with Gasteiger partial charge in [-0.05, 0) is 36.2 Å². The first kappa shape index (κ1) is 18.2. The average Bonchev–Trinajstić information content (AvgIpc) is 2.65. The van der Waals surface area contributed by atoms with Crippen LogP contribution in [0, 0.1) is 0 Å². The zero-order valence-electron chi connectivity index (χ0n) is 13.7. The third-order valence-electron chi connectivity index (χ3n) is 3.61. The van der Waals surface area contributed by atoms with Gasteiger partial charge < -0.3 is 10.6 Å². The molecule has 0 fully saturated rings. The van der Waals surface area contributed by atoms with Crippen molar-refractivity contribution in [1.82, 2.24) is 15.3 Å². The molecule has 2 N–H and O–H groups in total. The van der Waals surface area contributed by atoms with E-state index in [1.807, 2.05) is 30.3 Å². The maximum absolute atomic E-state index is 12.3. The minimum absolute atomic E-state index is 0.256. The lowest BCUT2D eigenvalue weighted by Crippen LogP contribution is -2.26. The first-order valence-corrected chi connectivity index (χ1v) is 8.74. The molecule has 1 aromatic heterocycles. The monoisotopic (exact) mass is 386 g/mol. The highest BCUT2D eigenvalue weighted by Crippen LogP contribution is 2.27. The van der Waals surface area contributed by atoms with Gasteiger partial charge >= 0.3 is 0 Å². The van der Waals surface area contributed by atoms with E-state index in [1.165, 1.54) is 6.20 Å². The molecule has 5 nitrogen and oxygen atoms in total. The summed E-state index contributed by atoms with van der Waals surface area (Å²) in [6, 6.07) is 16.6. The maximum atomic E-state index is 12.3. The first-order valence-electron chi connectivity index (χ1n) is 7.99. The lowest BCUT2D eigenvalue weighted by atomic mass is 10.1. The predicted molar refractivity (Wildman–Crippen MR) is 104 cm³/mol. The molecule has 0 bridgehead atoms. The Morgan fingerprint density at radius 3 is 2.62 bits per heavy atom. The molecule has 0 aliphatic rings. The summed E-state index contributed by atoms with van der Waals surface area (Å²) in [5.74, 6) is 0.0264. The van der Waals surface area contributed by atoms with E-state index in [-0.39, 0.29) is 17.5 Å². The Morgan fingerprint density at radius 1 is 1.04 bits per heavy atom. The second-order valence-electron chi connectivity index (χ2n) is 5.51. The number of halogens is 2. The van der Waals surface area contributed by atoms with Crippen LogP contribution >= 0.6 is 23.2 Å². The lowest BCUT2D eigenvalue weighted by Gasteiger charge is -2.09. The van der Waals surface area contributed by atoms with E-state index in [0.717, 1.165) is 12.0 Å². The number of amides is 1. The predicted octanol–water partition coefficient (Wildman–Crippen LogP) is 4.50. The topological polar surface area (TPSA) is 66.9 Å². The third-order valence-corrected chi connectivity index (χ3v) is 4.16. The molecule has 3 aromatic rings. The van der Waals surface area contributed by atoms with Crippen molar-refractivity contribution >= 4 is 40.7 Å². The molecule has 0 atom stereocenters. The summed E-state index contributed by atoms with van der Waals surface area (Å²) < 4.78 is 0. The fraction of sp³-hybridized carbons (Fsp3) is 0.105. The van der Waals surface area contributed by atoms with E-state index in [1.54, 1.807) is 24.3 Å². The van der Waals surface area contributed by atoms with Crippen LogP contribution in [0.4, 0.5) is 11.6 Å². The third kappa shape index (κ3) is 4.94. The molecular weight excluding hydrogens is 371 g/mol. The SMILES string of the molecule is O=C(NCCc1ccccc1)c1ccnc(Nc2ccc(Cl)cc2Cl)n1. The van der Waals surface area contributed by atoms with Gasteiger partial charge in [-0.2, -0.15) is 0 Å². The number of hydrogen-bond acceptors (Lipinski definition) is 4. The van der Waals surface area contributed by atoms with Crippen LogP contribution in [0.5, 0.6) is 0 Å². The summed E-state index contributed by atoms with van der Waals surface area (Å²) in [5, 5.41) is 6.82. The van der Waals surface area contributed by atoms with Gasteiger partial charge in [-0.25, -0.2) is 9.97 Å². The van der Waals surface area contributed by atoms with Gasteiger partial charge in [0.2, 0.25) is 5.95 Å². The van der Waals surface area contributed by atoms with E-state index >= 15 is 0 Å². The molecule has 0 saturated heterocycles. The number of nitrogens with zero attached hydrogens (tertiary/aromatic N) is 2. The molecule has 1 heterocycles. The van der Waals surface area contributed by atoms with E-state index in [0.29, 0.717) is 22.3 Å². The summed E-state index contributed by atoms with van der Waals surface area (Å²) in [6.45, 7) is 0.526. The van der Waals surface area contributed by atoms with Crippen LogP contribution in [-0.2, 0) is 6.42 Å². The summed E-state index contributed by atoms with van der Waals surface area (Å²) >= 11 is 12.0. The Balaban J connectivity index is 1.62. The highest BCUT2D eigenvalue weighted by atomic mass is 35.5. The Labute approximate surface area is 161 Å². The van der Waals surface area contributed by atoms with Gasteiger partial charge in [-0.1, -0.05) is 53.5 Å². The van der Waals surface area contributed by atoms with Crippen molar-refractivity contribution in [2.45, 2.75) is 6.42 Å². The maximum Gasteiger partial charge on any atom is 0.270 e. The molecule has 0 saturated carbocycles. The van der Waals surface area contributed by atoms with Gasteiger partial charge in [0.15, 0.2) is 0 Å². The van der Waals surface area contributed by atoms with E-state index in [4.69, 9.17) is 23.2 Å². The van der Waals surface area contributed by atoms with Gasteiger partial charge in [0.25, 0.3) is 5.91 Å². The number of carbonyl (C=O) groups is 1. The highest BCUT2D eigenvalue weighted by Gasteiger charge is 2.10. The van der Waals surface area contributed by atoms with Crippen molar-refractivity contribution in [3.8, 4) is 0 Å². The number of hydrogen-bond donors (Lipinski definition) is 2. The van der Waals surface area contributed by atoms with Crippen LogP contribution in [0.15, 0.2) is 60.8 Å². The Kier molecular flexibility index (Phi) is 6.04. The first-order chi connectivity index (χ1) is 12.6. The number of nitrogens with one attached hydrogen (secondary N) is 2. The zero-order chi connectivity index (χ0) is 18.4. The number of anilines is 2. The summed E-state index contributed by atoms with van der Waals surface area (Å²) in [7, 11) is 0. The number of aromatic nitrogens is 2. The van der Waals surface area contributed by atoms with E-state index < -0.39 is 0 Å². The Morgan fingerprint density at radius 2 is 1.85 bits per heavy atom. The molecule has 2 aromatic carbocycles. The molecule has 1 amide bonds. The fourth-order valence-corrected chi connectivity index (χ4v) is 2.77. The molecule has 0 spiro atoms. The van der Waals surface area contributed by atoms with E-state index in [9.17, 15) is 4.79 Å². The van der Waals surface area contributed by atoms with Gasteiger partial charge in [0.05, 0.1) is 10.7 Å². The largest absolute Gasteiger partial charge is 0.350 e. The van der Waals surface area contributed by atoms with Gasteiger partial charge in [0.1, 0.15) is 5.69 Å². The molecule has 0 aliphatic heterocycles. The number of carbonyl (C=O) groups excluding carboxylic acids is 1. The van der Waals surface area contributed by atoms with Crippen LogP contribution in [0.2, 0.25) is 10.0 Å². The minimum atomic E-state index is -0.256. The quantitative estimate of drug-likeness (QED) is 0.654. The smallest absolute Gasteiger partial charge is 0.270 e. The number of benzene rings is 2. The van der Waals surface area contributed by atoms with Crippen LogP contribution < -0.4 is 10.6 Å². The normalized spacial score (nSPS) is 10.4. The van der Waals surface area contributed by atoms with Crippen molar-refractivity contribution in [2.75, 3.05) is 11.9 Å². The van der Waals surface area contributed by atoms with Crippen molar-refractivity contribution in [3.05, 3.63) is 82.1 Å². The minimum Gasteiger partial charge on any atom is -0.350 e. The van der Waals surface area contributed by atoms with Crippen LogP contribution in [0.3, 0.4) is 0 Å². The summed E-state index contributed by atoms with van der Waals surface area (Å²) in [6.07, 6.45) is 2.27. The highest BCUT2D eigenvalue weighted by molar-refractivity contribution is 6.36. The molecule has 132 valence electrons. The molecule has 0 aliphatic carbocycles. The Bertz CT molecular complexity index is 903. The molecule has 0 radical (unpaired) electrons. The number of rotatable bonds is 6. The average molecular weight is 387 g/mol. The van der Waals surface area contributed by atoms with E-state index in [2.05, 4.69) is 20.6 Å². The molecular formula is C19H16Cl2N4O. The van der Waals surface area contributed by atoms with Crippen molar-refractivity contribution < 1.29 is 4.79 Å². The van der Waals surface area contributed by atoms with Crippen molar-refractivity contribution in [1.29, 1.82) is 0 Å². The van der Waals surface area contributed by atoms with Crippen LogP contribution in [-0.4, -0.2) is 22.4 Å². The van der Waals surface area contributed by atoms with Gasteiger partial charge in [-0.3, -0.25) is 4.79 Å². The van der Waals surface area contributed by atoms with Crippen LogP contribution in [0.25, 0.3) is 0 Å². The summed E-state index contributed by atoms with van der Waals surface area (Å²) in [4.78, 5) is 20.6. The van der Waals surface area contributed by atoms with Gasteiger partial charge in [0, 0.05) is 17.8 Å². The summed E-state index contributed by atoms with van der Waals surface area (Å²) in [5.41, 5.74) is 2.05. The molecule has 7 heteroatoms. The second-order valence-corrected chi connectivity index (χ2v) is 6.35. The van der Waals surface area contributed by atoms with Gasteiger partial charge in [-0.15, -0.1) is 0 Å². The van der Waals surface area contributed by atoms with Crippen molar-refractivity contribution in [2.24, 2.45) is 0 Å². The van der Waals surface area contributed by atoms with Crippen molar-refractivity contribution in [3.63, 3.8) is 0 Å². The fourth-order valence-electron chi connectivity index (χ4n) is 2.31. The zero-order valence-corrected chi connectivity index (χ0v) is 15.3. The Hall–Kier alpha value is -2.63. The molecule has 3 rings (SSSR count). The molecule has 26 heavy (non-hydrogen) atoms. The standard InChI is InChI=1S/C19H16Cl2N4O/c20-14-6-7-16(15(21)12-14)24-19-23-11-9-17(25-19)18(26)22-10-8-13-4-2-1-3-5-13/h1-7,9,11-12H,8,10H2,(H,22,26)(H,23,24,25). The molecule has 0 unspecified atom stereocenters. The second kappa shape index (κ2) is 8.65. The lowest BCUT2D eigenvalue weighted by molar-refractivity contribution is 0.0949. The van der Waals surface area contributed by atoms with Crippen LogP contribution in [0.1, 0.15) is 16.1 Å².